The molecule has 1 aromatic heterocycles. The van der Waals surface area contributed by atoms with Crippen LogP contribution in [0.3, 0.4) is 0 Å². The molecule has 1 aliphatic rings. The third-order valence-electron chi connectivity index (χ3n) is 5.96. The molecule has 4 rings (SSSR count). The number of halogens is 2. The number of methoxy groups -OCH3 is 1. The first-order valence-corrected chi connectivity index (χ1v) is 12.0. The van der Waals surface area contributed by atoms with Crippen LogP contribution in [0.1, 0.15) is 53.8 Å². The van der Waals surface area contributed by atoms with Gasteiger partial charge in [-0.3, -0.25) is 0 Å². The van der Waals surface area contributed by atoms with Crippen LogP contribution in [0.15, 0.2) is 30.3 Å². The van der Waals surface area contributed by atoms with E-state index in [0.717, 1.165) is 50.1 Å². The van der Waals surface area contributed by atoms with Gasteiger partial charge >= 0.3 is 0 Å². The fraction of sp³-hybridized carbons (Fsp3) is 0.400. The standard InChI is InChI=1S/C25H28ClFN2OS/c1-5-17-8-9-18(12-21(17)27)22(11-16-6-7-16)28-25-29-24(15(3)31-25)19-10-14(2)23(30-4)13-20(19)26/h8-10,12-13,16,22H,5-7,11H2,1-4H3,(H,28,29). The normalized spacial score (nSPS) is 14.5. The highest BCUT2D eigenvalue weighted by atomic mass is 35.5. The molecule has 164 valence electrons. The van der Waals surface area contributed by atoms with Crippen LogP contribution in [-0.4, -0.2) is 12.1 Å². The molecule has 3 nitrogen and oxygen atoms in total. The smallest absolute Gasteiger partial charge is 0.183 e. The van der Waals surface area contributed by atoms with E-state index in [0.29, 0.717) is 17.4 Å². The van der Waals surface area contributed by atoms with E-state index in [1.807, 2.05) is 38.1 Å². The van der Waals surface area contributed by atoms with Gasteiger partial charge in [0.1, 0.15) is 11.6 Å². The van der Waals surface area contributed by atoms with Crippen molar-refractivity contribution in [1.29, 1.82) is 0 Å². The molecule has 0 spiro atoms. The highest BCUT2D eigenvalue weighted by Crippen LogP contribution is 2.42. The fourth-order valence-electron chi connectivity index (χ4n) is 3.95. The SMILES string of the molecule is CCc1ccc(C(CC2CC2)Nc2nc(-c3cc(C)c(OC)cc3Cl)c(C)s2)cc1F. The van der Waals surface area contributed by atoms with E-state index >= 15 is 0 Å². The van der Waals surface area contributed by atoms with Gasteiger partial charge in [-0.15, -0.1) is 11.3 Å². The minimum absolute atomic E-state index is 0.0411. The summed E-state index contributed by atoms with van der Waals surface area (Å²) in [6.45, 7) is 6.03. The van der Waals surface area contributed by atoms with Crippen molar-refractivity contribution in [2.24, 2.45) is 5.92 Å². The molecule has 0 saturated heterocycles. The molecule has 6 heteroatoms. The molecule has 0 aliphatic heterocycles. The number of hydrogen-bond acceptors (Lipinski definition) is 4. The number of thiazole rings is 1. The summed E-state index contributed by atoms with van der Waals surface area (Å²) in [5.74, 6) is 1.34. The molecule has 0 amide bonds. The minimum Gasteiger partial charge on any atom is -0.496 e. The van der Waals surface area contributed by atoms with Gasteiger partial charge in [0, 0.05) is 10.4 Å². The summed E-state index contributed by atoms with van der Waals surface area (Å²) in [6.07, 6.45) is 4.18. The van der Waals surface area contributed by atoms with E-state index in [2.05, 4.69) is 12.2 Å². The maximum absolute atomic E-state index is 14.5. The van der Waals surface area contributed by atoms with Gasteiger partial charge in [0.15, 0.2) is 5.13 Å². The minimum atomic E-state index is -0.126. The Morgan fingerprint density at radius 3 is 2.68 bits per heavy atom. The Bertz CT molecular complexity index is 1090. The summed E-state index contributed by atoms with van der Waals surface area (Å²) >= 11 is 8.15. The van der Waals surface area contributed by atoms with Crippen LogP contribution >= 0.6 is 22.9 Å². The van der Waals surface area contributed by atoms with Crippen molar-refractivity contribution in [1.82, 2.24) is 4.98 Å². The number of nitrogens with one attached hydrogen (secondary N) is 1. The van der Waals surface area contributed by atoms with Crippen molar-refractivity contribution >= 4 is 28.1 Å². The topological polar surface area (TPSA) is 34.2 Å². The van der Waals surface area contributed by atoms with Crippen LogP contribution in [0.2, 0.25) is 5.02 Å². The van der Waals surface area contributed by atoms with E-state index in [4.69, 9.17) is 21.3 Å². The van der Waals surface area contributed by atoms with Gasteiger partial charge in [-0.05, 0) is 67.5 Å². The van der Waals surface area contributed by atoms with Gasteiger partial charge in [0.25, 0.3) is 0 Å². The number of anilines is 1. The molecule has 1 saturated carbocycles. The Morgan fingerprint density at radius 1 is 1.26 bits per heavy atom. The Hall–Kier alpha value is -2.11. The van der Waals surface area contributed by atoms with Gasteiger partial charge in [0.05, 0.1) is 23.9 Å². The van der Waals surface area contributed by atoms with Crippen molar-refractivity contribution in [3.8, 4) is 17.0 Å². The van der Waals surface area contributed by atoms with Gasteiger partial charge in [-0.25, -0.2) is 9.37 Å². The molecule has 3 aromatic rings. The van der Waals surface area contributed by atoms with Crippen molar-refractivity contribution in [2.75, 3.05) is 12.4 Å². The number of rotatable bonds is 8. The first-order chi connectivity index (χ1) is 14.9. The van der Waals surface area contributed by atoms with Crippen molar-refractivity contribution < 1.29 is 9.13 Å². The quantitative estimate of drug-likeness (QED) is 0.374. The molecule has 1 atom stereocenters. The Labute approximate surface area is 192 Å². The molecule has 31 heavy (non-hydrogen) atoms. The number of benzene rings is 2. The van der Waals surface area contributed by atoms with Crippen LogP contribution in [0.25, 0.3) is 11.3 Å². The number of nitrogens with zero attached hydrogens (tertiary/aromatic N) is 1. The first-order valence-electron chi connectivity index (χ1n) is 10.8. The molecule has 1 unspecified atom stereocenters. The summed E-state index contributed by atoms with van der Waals surface area (Å²) in [5.41, 5.74) is 4.53. The van der Waals surface area contributed by atoms with Gasteiger partial charge < -0.3 is 10.1 Å². The van der Waals surface area contributed by atoms with Gasteiger partial charge in [-0.1, -0.05) is 43.5 Å². The lowest BCUT2D eigenvalue weighted by molar-refractivity contribution is 0.412. The lowest BCUT2D eigenvalue weighted by atomic mass is 9.99. The molecular formula is C25H28ClFN2OS. The number of aromatic nitrogens is 1. The Kier molecular flexibility index (Phi) is 6.54. The maximum Gasteiger partial charge on any atom is 0.183 e. The van der Waals surface area contributed by atoms with E-state index in [-0.39, 0.29) is 11.9 Å². The van der Waals surface area contributed by atoms with Crippen LogP contribution in [0.4, 0.5) is 9.52 Å². The highest BCUT2D eigenvalue weighted by Gasteiger charge is 2.27. The Balaban J connectivity index is 1.63. The number of ether oxygens (including phenoxy) is 1. The molecular weight excluding hydrogens is 431 g/mol. The third kappa shape index (κ3) is 4.88. The summed E-state index contributed by atoms with van der Waals surface area (Å²) in [4.78, 5) is 5.96. The second-order valence-corrected chi connectivity index (χ2v) is 9.92. The average Bonchev–Trinajstić information content (AvgIpc) is 3.49. The number of hydrogen-bond donors (Lipinski definition) is 1. The Morgan fingerprint density at radius 2 is 2.03 bits per heavy atom. The first kappa shape index (κ1) is 22.1. The van der Waals surface area contributed by atoms with Crippen LogP contribution in [0.5, 0.6) is 5.75 Å². The second-order valence-electron chi connectivity index (χ2n) is 8.31. The van der Waals surface area contributed by atoms with Gasteiger partial charge in [0.2, 0.25) is 0 Å². The molecule has 2 aromatic carbocycles. The van der Waals surface area contributed by atoms with E-state index in [9.17, 15) is 4.39 Å². The molecule has 1 heterocycles. The van der Waals surface area contributed by atoms with E-state index < -0.39 is 0 Å². The second kappa shape index (κ2) is 9.17. The highest BCUT2D eigenvalue weighted by molar-refractivity contribution is 7.16. The lowest BCUT2D eigenvalue weighted by Crippen LogP contribution is -2.12. The average molecular weight is 459 g/mol. The molecule has 1 fully saturated rings. The zero-order valence-corrected chi connectivity index (χ0v) is 20.0. The zero-order chi connectivity index (χ0) is 22.1. The predicted octanol–water partition coefficient (Wildman–Crippen LogP) is 7.74. The number of aryl methyl sites for hydroxylation is 3. The summed E-state index contributed by atoms with van der Waals surface area (Å²) in [5, 5.41) is 5.05. The summed E-state index contributed by atoms with van der Waals surface area (Å²) < 4.78 is 19.8. The zero-order valence-electron chi connectivity index (χ0n) is 18.4. The molecule has 0 radical (unpaired) electrons. The van der Waals surface area contributed by atoms with Crippen molar-refractivity contribution in [3.05, 3.63) is 62.7 Å². The van der Waals surface area contributed by atoms with Crippen LogP contribution in [0, 0.1) is 25.6 Å². The van der Waals surface area contributed by atoms with Crippen LogP contribution < -0.4 is 10.1 Å². The molecule has 0 bridgehead atoms. The van der Waals surface area contributed by atoms with Crippen molar-refractivity contribution in [2.45, 2.75) is 52.5 Å². The largest absolute Gasteiger partial charge is 0.496 e. The van der Waals surface area contributed by atoms with E-state index in [1.54, 1.807) is 24.5 Å². The van der Waals surface area contributed by atoms with Crippen LogP contribution in [-0.2, 0) is 6.42 Å². The lowest BCUT2D eigenvalue weighted by Gasteiger charge is -2.19. The molecule has 1 aliphatic carbocycles. The fourth-order valence-corrected chi connectivity index (χ4v) is 5.08. The maximum atomic E-state index is 14.5. The predicted molar refractivity (Wildman–Crippen MR) is 128 cm³/mol. The third-order valence-corrected chi connectivity index (χ3v) is 7.18. The van der Waals surface area contributed by atoms with E-state index in [1.165, 1.54) is 12.8 Å². The van der Waals surface area contributed by atoms with Gasteiger partial charge in [-0.2, -0.15) is 0 Å². The summed E-state index contributed by atoms with van der Waals surface area (Å²) in [6, 6.07) is 9.54. The monoisotopic (exact) mass is 458 g/mol. The molecule has 1 N–H and O–H groups in total. The summed E-state index contributed by atoms with van der Waals surface area (Å²) in [7, 11) is 1.64. The van der Waals surface area contributed by atoms with Crippen molar-refractivity contribution in [3.63, 3.8) is 0 Å².